The molecule has 1 aliphatic rings. The van der Waals surface area contributed by atoms with Crippen molar-refractivity contribution in [3.05, 3.63) is 65.7 Å². The van der Waals surface area contributed by atoms with E-state index in [1.807, 2.05) is 53.4 Å². The molecule has 4 aromatic rings. The molecular weight excluding hydrogens is 518 g/mol. The number of primary amides is 1. The Labute approximate surface area is 232 Å². The van der Waals surface area contributed by atoms with Gasteiger partial charge in [0.1, 0.15) is 5.75 Å². The van der Waals surface area contributed by atoms with Crippen LogP contribution in [0.25, 0.3) is 22.2 Å². The van der Waals surface area contributed by atoms with Crippen LogP contribution < -0.4 is 20.7 Å². The maximum absolute atomic E-state index is 14.0. The molecule has 1 aliphatic heterocycles. The van der Waals surface area contributed by atoms with Gasteiger partial charge in [-0.3, -0.25) is 9.59 Å². The molecule has 0 fully saturated rings. The van der Waals surface area contributed by atoms with Gasteiger partial charge < -0.3 is 20.7 Å². The number of aryl methyl sites for hydroxylation is 2. The summed E-state index contributed by atoms with van der Waals surface area (Å²) in [4.78, 5) is 27.8. The van der Waals surface area contributed by atoms with Crippen molar-refractivity contribution in [3.63, 3.8) is 0 Å². The highest BCUT2D eigenvalue weighted by Gasteiger charge is 2.33. The van der Waals surface area contributed by atoms with E-state index in [0.717, 1.165) is 39.6 Å². The largest absolute Gasteiger partial charge is 0.496 e. The Morgan fingerprint density at radius 1 is 1.21 bits per heavy atom. The number of anilines is 1. The van der Waals surface area contributed by atoms with Gasteiger partial charge in [0.25, 0.3) is 0 Å². The van der Waals surface area contributed by atoms with Gasteiger partial charge in [0.15, 0.2) is 5.82 Å². The number of nitrogens with zero attached hydrogens (tertiary/aromatic N) is 5. The third-order valence-electron chi connectivity index (χ3n) is 7.37. The second kappa shape index (κ2) is 11.8. The lowest BCUT2D eigenvalue weighted by Crippen LogP contribution is -2.44. The number of carbonyl (C=O) groups excluding carboxylic acids is 2. The molecule has 0 spiro atoms. The number of rotatable bonds is 8. The third kappa shape index (κ3) is 5.43. The quantitative estimate of drug-likeness (QED) is 0.346. The number of tetrazole rings is 1. The van der Waals surface area contributed by atoms with Crippen molar-refractivity contribution in [2.24, 2.45) is 18.7 Å². The topological polar surface area (TPSA) is 128 Å². The normalized spacial score (nSPS) is 15.8. The zero-order valence-electron chi connectivity index (χ0n) is 22.1. The summed E-state index contributed by atoms with van der Waals surface area (Å²) in [5, 5.41) is 16.7. The zero-order valence-corrected chi connectivity index (χ0v) is 22.9. The molecule has 3 aromatic carbocycles. The number of amides is 2. The number of benzene rings is 3. The fourth-order valence-electron chi connectivity index (χ4n) is 5.32. The highest BCUT2D eigenvalue weighted by Crippen LogP contribution is 2.37. The van der Waals surface area contributed by atoms with Crippen LogP contribution in [0.3, 0.4) is 0 Å². The summed E-state index contributed by atoms with van der Waals surface area (Å²) >= 11 is 0. The number of carbonyl (C=O) groups is 2. The summed E-state index contributed by atoms with van der Waals surface area (Å²) in [5.74, 6) is 0.512. The van der Waals surface area contributed by atoms with E-state index in [1.54, 1.807) is 25.9 Å². The summed E-state index contributed by atoms with van der Waals surface area (Å²) in [7, 11) is 5.12. The van der Waals surface area contributed by atoms with E-state index in [9.17, 15) is 9.59 Å². The number of likely N-dealkylation sites (N-methyl/N-ethyl adjacent to an activating group) is 1. The Hall–Kier alpha value is -4.02. The summed E-state index contributed by atoms with van der Waals surface area (Å²) in [6.07, 6.45) is 1.72. The van der Waals surface area contributed by atoms with Crippen LogP contribution in [0.15, 0.2) is 54.6 Å². The van der Waals surface area contributed by atoms with Crippen molar-refractivity contribution in [3.8, 4) is 17.1 Å². The number of hydrogen-bond acceptors (Lipinski definition) is 7. The van der Waals surface area contributed by atoms with Crippen molar-refractivity contribution >= 4 is 40.7 Å². The van der Waals surface area contributed by atoms with E-state index in [0.29, 0.717) is 31.0 Å². The van der Waals surface area contributed by atoms with Gasteiger partial charge in [0, 0.05) is 29.8 Å². The van der Waals surface area contributed by atoms with Crippen LogP contribution in [0.5, 0.6) is 5.75 Å². The van der Waals surface area contributed by atoms with Gasteiger partial charge in [0.2, 0.25) is 11.8 Å². The predicted octanol–water partition coefficient (Wildman–Crippen LogP) is 3.02. The molecule has 5 rings (SSSR count). The van der Waals surface area contributed by atoms with E-state index in [-0.39, 0.29) is 24.2 Å². The SMILES string of the molecule is CN[C@@H](C[C@@H]1CCc2ccccc2N(Cc2c(OC)ccc3cc(-c4nnnn4C)ccc23)C1=O)C(N)=O.Cl. The molecule has 11 heteroatoms. The number of ether oxygens (including phenoxy) is 1. The Balaban J connectivity index is 0.00000353. The van der Waals surface area contributed by atoms with Crippen molar-refractivity contribution < 1.29 is 14.3 Å². The van der Waals surface area contributed by atoms with Gasteiger partial charge in [-0.05, 0) is 71.3 Å². The summed E-state index contributed by atoms with van der Waals surface area (Å²) < 4.78 is 7.39. The Bertz CT molecular complexity index is 1510. The number of para-hydroxylation sites is 1. The smallest absolute Gasteiger partial charge is 0.234 e. The third-order valence-corrected chi connectivity index (χ3v) is 7.37. The van der Waals surface area contributed by atoms with E-state index in [1.165, 1.54) is 0 Å². The van der Waals surface area contributed by atoms with E-state index in [4.69, 9.17) is 10.5 Å². The molecule has 0 aliphatic carbocycles. The molecule has 2 amide bonds. The van der Waals surface area contributed by atoms with Crippen LogP contribution in [0, 0.1) is 5.92 Å². The van der Waals surface area contributed by atoms with Gasteiger partial charge in [-0.25, -0.2) is 4.68 Å². The summed E-state index contributed by atoms with van der Waals surface area (Å²) in [5.41, 5.74) is 9.35. The molecule has 2 atom stereocenters. The Kier molecular flexibility index (Phi) is 8.47. The number of nitrogens with two attached hydrogens (primary N) is 1. The van der Waals surface area contributed by atoms with E-state index >= 15 is 0 Å². The molecule has 0 bridgehead atoms. The molecule has 10 nitrogen and oxygen atoms in total. The average Bonchev–Trinajstić information content (AvgIpc) is 3.31. The fraction of sp³-hybridized carbons (Fsp3) is 0.321. The number of halogens is 1. The molecule has 204 valence electrons. The van der Waals surface area contributed by atoms with E-state index in [2.05, 4.69) is 26.9 Å². The van der Waals surface area contributed by atoms with Gasteiger partial charge >= 0.3 is 0 Å². The lowest BCUT2D eigenvalue weighted by atomic mass is 9.93. The van der Waals surface area contributed by atoms with Crippen molar-refractivity contribution in [1.82, 2.24) is 25.5 Å². The molecule has 3 N–H and O–H groups in total. The fourth-order valence-corrected chi connectivity index (χ4v) is 5.32. The maximum Gasteiger partial charge on any atom is 0.234 e. The lowest BCUT2D eigenvalue weighted by molar-refractivity contribution is -0.124. The first-order chi connectivity index (χ1) is 18.4. The minimum Gasteiger partial charge on any atom is -0.496 e. The van der Waals surface area contributed by atoms with Crippen LogP contribution in [0.1, 0.15) is 24.0 Å². The van der Waals surface area contributed by atoms with E-state index < -0.39 is 11.9 Å². The minimum absolute atomic E-state index is 0. The van der Waals surface area contributed by atoms with Crippen molar-refractivity contribution in [2.45, 2.75) is 31.8 Å². The first kappa shape index (κ1) is 28.0. The van der Waals surface area contributed by atoms with Crippen LogP contribution in [-0.2, 0) is 29.6 Å². The molecule has 2 heterocycles. The van der Waals surface area contributed by atoms with Crippen molar-refractivity contribution in [1.29, 1.82) is 0 Å². The Morgan fingerprint density at radius 3 is 2.69 bits per heavy atom. The second-order valence-corrected chi connectivity index (χ2v) is 9.58. The van der Waals surface area contributed by atoms with Crippen LogP contribution in [-0.4, -0.2) is 52.2 Å². The zero-order chi connectivity index (χ0) is 26.8. The number of methoxy groups -OCH3 is 1. The van der Waals surface area contributed by atoms with Gasteiger partial charge in [-0.1, -0.05) is 36.4 Å². The molecule has 39 heavy (non-hydrogen) atoms. The molecule has 0 saturated carbocycles. The summed E-state index contributed by atoms with van der Waals surface area (Å²) in [6.45, 7) is 0.318. The molecule has 0 unspecified atom stereocenters. The van der Waals surface area contributed by atoms with Gasteiger partial charge in [-0.15, -0.1) is 17.5 Å². The minimum atomic E-state index is -0.576. The van der Waals surface area contributed by atoms with Gasteiger partial charge in [-0.2, -0.15) is 0 Å². The number of hydrogen-bond donors (Lipinski definition) is 2. The first-order valence-electron chi connectivity index (χ1n) is 12.6. The number of aromatic nitrogens is 4. The predicted molar refractivity (Wildman–Crippen MR) is 152 cm³/mol. The number of nitrogens with one attached hydrogen (secondary N) is 1. The maximum atomic E-state index is 14.0. The molecular formula is C28H32ClN7O3. The Morgan fingerprint density at radius 2 is 2.00 bits per heavy atom. The molecule has 0 radical (unpaired) electrons. The standard InChI is InChI=1S/C28H31N7O3.ClH/c1-30-23(26(29)36)15-20-9-8-17-6-4-5-7-24(17)35(28(20)37)16-22-21-12-10-19(27-31-32-33-34(27)2)14-18(21)11-13-25(22)38-3;/h4-7,10-14,20,23,30H,8-9,15-16H2,1-3H3,(H2,29,36);1H/t20-,23-;/m0./s1. The van der Waals surface area contributed by atoms with Crippen LogP contribution in [0.2, 0.25) is 0 Å². The lowest BCUT2D eigenvalue weighted by Gasteiger charge is -2.28. The first-order valence-corrected chi connectivity index (χ1v) is 12.6. The second-order valence-electron chi connectivity index (χ2n) is 9.58. The number of fused-ring (bicyclic) bond motifs is 2. The van der Waals surface area contributed by atoms with Crippen molar-refractivity contribution in [2.75, 3.05) is 19.1 Å². The molecule has 0 saturated heterocycles. The molecule has 1 aromatic heterocycles. The highest BCUT2D eigenvalue weighted by molar-refractivity contribution is 5.98. The average molecular weight is 550 g/mol. The van der Waals surface area contributed by atoms with Crippen LogP contribution in [0.4, 0.5) is 5.69 Å². The monoisotopic (exact) mass is 549 g/mol. The summed E-state index contributed by atoms with van der Waals surface area (Å²) in [6, 6.07) is 17.4. The van der Waals surface area contributed by atoms with Crippen LogP contribution >= 0.6 is 12.4 Å². The van der Waals surface area contributed by atoms with Gasteiger partial charge in [0.05, 0.1) is 19.7 Å². The highest BCUT2D eigenvalue weighted by atomic mass is 35.5.